The standard InChI is InChI=1S/C19H22N2O2/c1-14(2)17-10-8-16(9-11-17)13-21-19(23)18(22)20-12-15-6-4-3-5-7-15/h3-11,14H,12-13H2,1-2H3,(H,20,22)(H,21,23). The lowest BCUT2D eigenvalue weighted by Crippen LogP contribution is -2.39. The maximum Gasteiger partial charge on any atom is 0.309 e. The molecule has 120 valence electrons. The van der Waals surface area contributed by atoms with Crippen molar-refractivity contribution in [3.8, 4) is 0 Å². The molecule has 2 amide bonds. The number of benzene rings is 2. The SMILES string of the molecule is CC(C)c1ccc(CNC(=O)C(=O)NCc2ccccc2)cc1. The molecule has 0 aliphatic carbocycles. The first-order chi connectivity index (χ1) is 11.1. The van der Waals surface area contributed by atoms with E-state index >= 15 is 0 Å². The number of rotatable bonds is 5. The smallest absolute Gasteiger partial charge is 0.309 e. The third-order valence-electron chi connectivity index (χ3n) is 3.60. The summed E-state index contributed by atoms with van der Waals surface area (Å²) in [5, 5.41) is 5.24. The number of nitrogens with one attached hydrogen (secondary N) is 2. The quantitative estimate of drug-likeness (QED) is 0.834. The van der Waals surface area contributed by atoms with Gasteiger partial charge in [-0.05, 0) is 22.6 Å². The van der Waals surface area contributed by atoms with Gasteiger partial charge >= 0.3 is 11.8 Å². The van der Waals surface area contributed by atoms with Crippen molar-refractivity contribution in [1.29, 1.82) is 0 Å². The van der Waals surface area contributed by atoms with Crippen LogP contribution < -0.4 is 10.6 Å². The lowest BCUT2D eigenvalue weighted by atomic mass is 10.0. The molecule has 0 fully saturated rings. The van der Waals surface area contributed by atoms with Gasteiger partial charge in [-0.3, -0.25) is 9.59 Å². The zero-order valence-electron chi connectivity index (χ0n) is 13.5. The van der Waals surface area contributed by atoms with Crippen molar-refractivity contribution in [2.75, 3.05) is 0 Å². The molecule has 0 spiro atoms. The fourth-order valence-electron chi connectivity index (χ4n) is 2.14. The summed E-state index contributed by atoms with van der Waals surface area (Å²) in [6, 6.07) is 17.5. The monoisotopic (exact) mass is 310 g/mol. The fraction of sp³-hybridized carbons (Fsp3) is 0.263. The van der Waals surface area contributed by atoms with Crippen LogP contribution in [-0.2, 0) is 22.7 Å². The first kappa shape index (κ1) is 16.7. The minimum absolute atomic E-state index is 0.343. The van der Waals surface area contributed by atoms with Crippen molar-refractivity contribution < 1.29 is 9.59 Å². The molecule has 0 saturated heterocycles. The van der Waals surface area contributed by atoms with Crippen LogP contribution in [0.2, 0.25) is 0 Å². The second-order valence-electron chi connectivity index (χ2n) is 5.75. The van der Waals surface area contributed by atoms with Gasteiger partial charge in [0, 0.05) is 13.1 Å². The normalized spacial score (nSPS) is 10.4. The van der Waals surface area contributed by atoms with Crippen LogP contribution in [0.4, 0.5) is 0 Å². The van der Waals surface area contributed by atoms with Crippen LogP contribution in [0.1, 0.15) is 36.5 Å². The fourth-order valence-corrected chi connectivity index (χ4v) is 2.14. The van der Waals surface area contributed by atoms with Crippen LogP contribution in [0.25, 0.3) is 0 Å². The van der Waals surface area contributed by atoms with Gasteiger partial charge in [0.05, 0.1) is 0 Å². The van der Waals surface area contributed by atoms with Gasteiger partial charge in [0.1, 0.15) is 0 Å². The second kappa shape index (κ2) is 8.13. The Balaban J connectivity index is 1.78. The molecule has 0 unspecified atom stereocenters. The summed E-state index contributed by atoms with van der Waals surface area (Å²) in [5.74, 6) is -0.760. The van der Waals surface area contributed by atoms with Crippen LogP contribution >= 0.6 is 0 Å². The number of amides is 2. The predicted octanol–water partition coefficient (Wildman–Crippen LogP) is 2.74. The predicted molar refractivity (Wildman–Crippen MR) is 90.7 cm³/mol. The van der Waals surface area contributed by atoms with Crippen molar-refractivity contribution in [3.63, 3.8) is 0 Å². The van der Waals surface area contributed by atoms with Crippen LogP contribution in [0.15, 0.2) is 54.6 Å². The molecule has 2 N–H and O–H groups in total. The van der Waals surface area contributed by atoms with Gasteiger partial charge in [-0.1, -0.05) is 68.4 Å². The molecule has 4 heteroatoms. The first-order valence-electron chi connectivity index (χ1n) is 7.75. The molecule has 0 aliphatic heterocycles. The number of carbonyl (C=O) groups excluding carboxylic acids is 2. The van der Waals surface area contributed by atoms with E-state index in [1.165, 1.54) is 5.56 Å². The average molecular weight is 310 g/mol. The second-order valence-corrected chi connectivity index (χ2v) is 5.75. The molecule has 0 atom stereocenters. The first-order valence-corrected chi connectivity index (χ1v) is 7.75. The molecule has 2 rings (SSSR count). The van der Waals surface area contributed by atoms with E-state index in [9.17, 15) is 9.59 Å². The Morgan fingerprint density at radius 2 is 1.26 bits per heavy atom. The lowest BCUT2D eigenvalue weighted by molar-refractivity contribution is -0.139. The van der Waals surface area contributed by atoms with Crippen molar-refractivity contribution in [2.24, 2.45) is 0 Å². The summed E-state index contributed by atoms with van der Waals surface area (Å²) < 4.78 is 0. The van der Waals surface area contributed by atoms with Gasteiger partial charge in [-0.25, -0.2) is 0 Å². The Labute approximate surface area is 136 Å². The summed E-state index contributed by atoms with van der Waals surface area (Å²) in [6.45, 7) is 4.95. The maximum absolute atomic E-state index is 11.8. The molecular formula is C19H22N2O2. The van der Waals surface area contributed by atoms with Crippen LogP contribution in [0.3, 0.4) is 0 Å². The molecule has 0 saturated carbocycles. The zero-order valence-corrected chi connectivity index (χ0v) is 13.5. The highest BCUT2D eigenvalue weighted by Crippen LogP contribution is 2.14. The Kier molecular flexibility index (Phi) is 5.92. The molecule has 23 heavy (non-hydrogen) atoms. The van der Waals surface area contributed by atoms with Gasteiger partial charge in [0.25, 0.3) is 0 Å². The molecule has 0 heterocycles. The van der Waals surface area contributed by atoms with Crippen molar-refractivity contribution in [3.05, 3.63) is 71.3 Å². The summed E-state index contributed by atoms with van der Waals surface area (Å²) in [5.41, 5.74) is 3.18. The summed E-state index contributed by atoms with van der Waals surface area (Å²) in [6.07, 6.45) is 0. The van der Waals surface area contributed by atoms with Crippen LogP contribution in [-0.4, -0.2) is 11.8 Å². The molecule has 0 aliphatic rings. The highest BCUT2D eigenvalue weighted by Gasteiger charge is 2.12. The van der Waals surface area contributed by atoms with Crippen molar-refractivity contribution in [1.82, 2.24) is 10.6 Å². The molecule has 0 bridgehead atoms. The number of carbonyl (C=O) groups is 2. The number of hydrogen-bond acceptors (Lipinski definition) is 2. The topological polar surface area (TPSA) is 58.2 Å². The lowest BCUT2D eigenvalue weighted by Gasteiger charge is -2.09. The maximum atomic E-state index is 11.8. The van der Waals surface area contributed by atoms with Gasteiger partial charge in [-0.15, -0.1) is 0 Å². The van der Waals surface area contributed by atoms with E-state index in [4.69, 9.17) is 0 Å². The molecular weight excluding hydrogens is 288 g/mol. The van der Waals surface area contributed by atoms with E-state index in [0.29, 0.717) is 19.0 Å². The summed E-state index contributed by atoms with van der Waals surface area (Å²) in [7, 11) is 0. The Hall–Kier alpha value is -2.62. The molecule has 2 aromatic rings. The van der Waals surface area contributed by atoms with Gasteiger partial charge < -0.3 is 10.6 Å². The Morgan fingerprint density at radius 3 is 1.74 bits per heavy atom. The van der Waals surface area contributed by atoms with Crippen molar-refractivity contribution in [2.45, 2.75) is 32.9 Å². The molecule has 4 nitrogen and oxygen atoms in total. The van der Waals surface area contributed by atoms with E-state index in [-0.39, 0.29) is 0 Å². The molecule has 0 radical (unpaired) electrons. The summed E-state index contributed by atoms with van der Waals surface area (Å²) in [4.78, 5) is 23.5. The van der Waals surface area contributed by atoms with Gasteiger partial charge in [-0.2, -0.15) is 0 Å². The minimum atomic E-state index is -0.618. The largest absolute Gasteiger partial charge is 0.344 e. The number of hydrogen-bond donors (Lipinski definition) is 2. The Bertz CT molecular complexity index is 649. The Morgan fingerprint density at radius 1 is 0.783 bits per heavy atom. The molecule has 2 aromatic carbocycles. The molecule has 0 aromatic heterocycles. The van der Waals surface area contributed by atoms with E-state index < -0.39 is 11.8 Å². The van der Waals surface area contributed by atoms with Crippen LogP contribution in [0.5, 0.6) is 0 Å². The zero-order chi connectivity index (χ0) is 16.7. The minimum Gasteiger partial charge on any atom is -0.344 e. The van der Waals surface area contributed by atoms with Crippen molar-refractivity contribution >= 4 is 11.8 Å². The third-order valence-corrected chi connectivity index (χ3v) is 3.60. The van der Waals surface area contributed by atoms with E-state index in [0.717, 1.165) is 11.1 Å². The van der Waals surface area contributed by atoms with Crippen LogP contribution in [0, 0.1) is 0 Å². The highest BCUT2D eigenvalue weighted by atomic mass is 16.2. The van der Waals surface area contributed by atoms with Gasteiger partial charge in [0.2, 0.25) is 0 Å². The van der Waals surface area contributed by atoms with E-state index in [1.54, 1.807) is 0 Å². The van der Waals surface area contributed by atoms with Gasteiger partial charge in [0.15, 0.2) is 0 Å². The third kappa shape index (κ3) is 5.25. The van der Waals surface area contributed by atoms with E-state index in [1.807, 2.05) is 54.6 Å². The van der Waals surface area contributed by atoms with E-state index in [2.05, 4.69) is 24.5 Å². The highest BCUT2D eigenvalue weighted by molar-refractivity contribution is 6.35. The average Bonchev–Trinajstić information content (AvgIpc) is 2.58. The summed E-state index contributed by atoms with van der Waals surface area (Å²) >= 11 is 0.